The van der Waals surface area contributed by atoms with Gasteiger partial charge in [0.1, 0.15) is 0 Å². The fraction of sp³-hybridized carbons (Fsp3) is 0.400. The average Bonchev–Trinajstić information content (AvgIpc) is 1.68. The SMILES string of the molecule is COC(C)=C[C]=O. The maximum absolute atomic E-state index is 9.49. The van der Waals surface area contributed by atoms with Crippen molar-refractivity contribution >= 4 is 6.29 Å². The van der Waals surface area contributed by atoms with E-state index in [-0.39, 0.29) is 0 Å². The van der Waals surface area contributed by atoms with Crippen LogP contribution in [0.3, 0.4) is 0 Å². The van der Waals surface area contributed by atoms with Crippen molar-refractivity contribution in [1.82, 2.24) is 0 Å². The summed E-state index contributed by atoms with van der Waals surface area (Å²) >= 11 is 0. The predicted octanol–water partition coefficient (Wildman–Crippen LogP) is 0.646. The molecule has 2 heteroatoms. The lowest BCUT2D eigenvalue weighted by Crippen LogP contribution is -1.77. The number of carbonyl (C=O) groups excluding carboxylic acids is 1. The molecule has 0 N–H and O–H groups in total. The lowest BCUT2D eigenvalue weighted by molar-refractivity contribution is 0.294. The monoisotopic (exact) mass is 99.0 g/mol. The first-order chi connectivity index (χ1) is 3.31. The Kier molecular flexibility index (Phi) is 3.02. The average molecular weight is 99.1 g/mol. The maximum atomic E-state index is 9.49. The van der Waals surface area contributed by atoms with E-state index < -0.39 is 0 Å². The zero-order chi connectivity index (χ0) is 5.70. The van der Waals surface area contributed by atoms with E-state index >= 15 is 0 Å². The molecule has 0 saturated heterocycles. The summed E-state index contributed by atoms with van der Waals surface area (Å²) in [5.41, 5.74) is 0. The van der Waals surface area contributed by atoms with Gasteiger partial charge >= 0.3 is 0 Å². The van der Waals surface area contributed by atoms with Gasteiger partial charge in [0.2, 0.25) is 6.29 Å². The van der Waals surface area contributed by atoms with Crippen molar-refractivity contribution in [3.63, 3.8) is 0 Å². The number of rotatable bonds is 2. The molecule has 0 unspecified atom stereocenters. The van der Waals surface area contributed by atoms with E-state index in [2.05, 4.69) is 4.74 Å². The minimum Gasteiger partial charge on any atom is -0.501 e. The van der Waals surface area contributed by atoms with E-state index in [0.29, 0.717) is 5.76 Å². The van der Waals surface area contributed by atoms with Gasteiger partial charge in [0.05, 0.1) is 12.9 Å². The minimum atomic E-state index is 0.579. The summed E-state index contributed by atoms with van der Waals surface area (Å²) < 4.78 is 4.59. The molecule has 0 saturated carbocycles. The zero-order valence-electron chi connectivity index (χ0n) is 4.39. The molecule has 0 aromatic heterocycles. The molecule has 1 radical (unpaired) electrons. The largest absolute Gasteiger partial charge is 0.501 e. The van der Waals surface area contributed by atoms with Crippen LogP contribution in [0.2, 0.25) is 0 Å². The molecule has 0 aliphatic carbocycles. The summed E-state index contributed by atoms with van der Waals surface area (Å²) in [5.74, 6) is 0.579. The highest BCUT2D eigenvalue weighted by atomic mass is 16.5. The topological polar surface area (TPSA) is 26.3 Å². The van der Waals surface area contributed by atoms with Gasteiger partial charge in [0, 0.05) is 6.08 Å². The van der Waals surface area contributed by atoms with Crippen LogP contribution in [0.1, 0.15) is 6.92 Å². The Morgan fingerprint density at radius 1 is 1.86 bits per heavy atom. The van der Waals surface area contributed by atoms with Crippen LogP contribution in [0, 0.1) is 0 Å². The van der Waals surface area contributed by atoms with Gasteiger partial charge in [-0.15, -0.1) is 0 Å². The normalized spacial score (nSPS) is 10.9. The van der Waals surface area contributed by atoms with Gasteiger partial charge in [-0.05, 0) is 6.92 Å². The molecule has 0 spiro atoms. The van der Waals surface area contributed by atoms with Gasteiger partial charge in [-0.25, -0.2) is 0 Å². The Labute approximate surface area is 42.8 Å². The molecular weight excluding hydrogens is 92.1 g/mol. The first kappa shape index (κ1) is 6.21. The van der Waals surface area contributed by atoms with Crippen molar-refractivity contribution in [2.75, 3.05) is 7.11 Å². The summed E-state index contributed by atoms with van der Waals surface area (Å²) in [6.07, 6.45) is 2.82. The third-order valence-electron chi connectivity index (χ3n) is 0.584. The summed E-state index contributed by atoms with van der Waals surface area (Å²) in [5, 5.41) is 0. The molecule has 39 valence electrons. The number of methoxy groups -OCH3 is 1. The molecule has 0 amide bonds. The number of ether oxygens (including phenoxy) is 1. The van der Waals surface area contributed by atoms with E-state index in [0.717, 1.165) is 0 Å². The second kappa shape index (κ2) is 3.40. The summed E-state index contributed by atoms with van der Waals surface area (Å²) in [6, 6.07) is 0. The van der Waals surface area contributed by atoms with Gasteiger partial charge < -0.3 is 4.74 Å². The van der Waals surface area contributed by atoms with Crippen molar-refractivity contribution in [3.8, 4) is 0 Å². The van der Waals surface area contributed by atoms with Crippen LogP contribution in [0.25, 0.3) is 0 Å². The zero-order valence-corrected chi connectivity index (χ0v) is 4.39. The van der Waals surface area contributed by atoms with E-state index in [1.807, 2.05) is 0 Å². The molecular formula is C5H7O2. The molecule has 0 aliphatic heterocycles. The highest BCUT2D eigenvalue weighted by Gasteiger charge is 1.77. The molecule has 0 aromatic carbocycles. The van der Waals surface area contributed by atoms with Crippen molar-refractivity contribution in [3.05, 3.63) is 11.8 Å². The van der Waals surface area contributed by atoms with Crippen LogP contribution in [-0.2, 0) is 9.53 Å². The van der Waals surface area contributed by atoms with E-state index in [1.165, 1.54) is 13.2 Å². The van der Waals surface area contributed by atoms with Crippen LogP contribution in [0.4, 0.5) is 0 Å². The Hall–Kier alpha value is -0.790. The number of hydrogen-bond donors (Lipinski definition) is 0. The van der Waals surface area contributed by atoms with Crippen LogP contribution < -0.4 is 0 Å². The lowest BCUT2D eigenvalue weighted by atomic mass is 10.5. The molecule has 0 aromatic rings. The number of hydrogen-bond acceptors (Lipinski definition) is 2. The smallest absolute Gasteiger partial charge is 0.229 e. The van der Waals surface area contributed by atoms with E-state index in [4.69, 9.17) is 0 Å². The van der Waals surface area contributed by atoms with Crippen molar-refractivity contribution < 1.29 is 9.53 Å². The third-order valence-corrected chi connectivity index (χ3v) is 0.584. The van der Waals surface area contributed by atoms with Crippen LogP contribution in [0.5, 0.6) is 0 Å². The quantitative estimate of drug-likeness (QED) is 0.375. The molecule has 0 aliphatic rings. The van der Waals surface area contributed by atoms with Gasteiger partial charge in [-0.2, -0.15) is 0 Å². The Balaban J connectivity index is 3.49. The van der Waals surface area contributed by atoms with Gasteiger partial charge in [-0.3, -0.25) is 4.79 Å². The molecule has 0 fully saturated rings. The molecule has 7 heavy (non-hydrogen) atoms. The predicted molar refractivity (Wildman–Crippen MR) is 26.5 cm³/mol. The van der Waals surface area contributed by atoms with Gasteiger partial charge in [-0.1, -0.05) is 0 Å². The minimum absolute atomic E-state index is 0.579. The first-order valence-electron chi connectivity index (χ1n) is 1.89. The summed E-state index contributed by atoms with van der Waals surface area (Å²) in [4.78, 5) is 9.49. The highest BCUT2D eigenvalue weighted by molar-refractivity contribution is 5.66. The van der Waals surface area contributed by atoms with Crippen molar-refractivity contribution in [2.24, 2.45) is 0 Å². The molecule has 0 rings (SSSR count). The molecule has 0 bridgehead atoms. The Morgan fingerprint density at radius 2 is 2.43 bits per heavy atom. The van der Waals surface area contributed by atoms with Crippen LogP contribution in [0.15, 0.2) is 11.8 Å². The van der Waals surface area contributed by atoms with Crippen molar-refractivity contribution in [2.45, 2.75) is 6.92 Å². The summed E-state index contributed by atoms with van der Waals surface area (Å²) in [6.45, 7) is 1.69. The fourth-order valence-corrected chi connectivity index (χ4v) is 0.142. The number of allylic oxidation sites excluding steroid dienone is 2. The van der Waals surface area contributed by atoms with Gasteiger partial charge in [0.15, 0.2) is 0 Å². The van der Waals surface area contributed by atoms with Crippen LogP contribution in [-0.4, -0.2) is 13.4 Å². The fourth-order valence-electron chi connectivity index (χ4n) is 0.142. The van der Waals surface area contributed by atoms with Gasteiger partial charge in [0.25, 0.3) is 0 Å². The van der Waals surface area contributed by atoms with E-state index in [9.17, 15) is 4.79 Å². The summed E-state index contributed by atoms with van der Waals surface area (Å²) in [7, 11) is 1.50. The standard InChI is InChI=1S/C5H7O2/c1-5(7-2)3-4-6/h3H,1-2H3. The highest BCUT2D eigenvalue weighted by Crippen LogP contribution is 1.86. The molecule has 0 atom stereocenters. The van der Waals surface area contributed by atoms with E-state index in [1.54, 1.807) is 13.2 Å². The maximum Gasteiger partial charge on any atom is 0.229 e. The van der Waals surface area contributed by atoms with Crippen LogP contribution >= 0.6 is 0 Å². The lowest BCUT2D eigenvalue weighted by Gasteiger charge is -1.90. The first-order valence-corrected chi connectivity index (χ1v) is 1.89. The Bertz CT molecular complexity index is 84.1. The third kappa shape index (κ3) is 3.03. The molecule has 2 nitrogen and oxygen atoms in total. The second-order valence-corrected chi connectivity index (χ2v) is 1.08. The second-order valence-electron chi connectivity index (χ2n) is 1.08. The molecule has 0 heterocycles. The Morgan fingerprint density at radius 3 is 2.57 bits per heavy atom. The van der Waals surface area contributed by atoms with Crippen molar-refractivity contribution in [1.29, 1.82) is 0 Å².